The Morgan fingerprint density at radius 1 is 1.18 bits per heavy atom. The maximum absolute atomic E-state index is 13.3. The van der Waals surface area contributed by atoms with Crippen molar-refractivity contribution in [3.63, 3.8) is 0 Å². The first-order valence-electron chi connectivity index (χ1n) is 14.1. The molecule has 39 heavy (non-hydrogen) atoms. The maximum Gasteiger partial charge on any atom is 0.226 e. The quantitative estimate of drug-likeness (QED) is 0.182. The molecule has 210 valence electrons. The minimum absolute atomic E-state index is 0.0413. The third kappa shape index (κ3) is 6.43. The van der Waals surface area contributed by atoms with Gasteiger partial charge in [-0.2, -0.15) is 0 Å². The van der Waals surface area contributed by atoms with Crippen molar-refractivity contribution in [3.8, 4) is 22.2 Å². The first-order valence-corrected chi connectivity index (χ1v) is 15.0. The first kappa shape index (κ1) is 29.0. The average Bonchev–Trinajstić information content (AvgIpc) is 3.59. The van der Waals surface area contributed by atoms with E-state index in [0.717, 1.165) is 70.7 Å². The Morgan fingerprint density at radius 2 is 1.97 bits per heavy atom. The molecule has 1 aliphatic carbocycles. The molecule has 0 radical (unpaired) electrons. The molecular weight excluding hydrogens is 510 g/mol. The summed E-state index contributed by atoms with van der Waals surface area (Å²) in [4.78, 5) is 36.9. The van der Waals surface area contributed by atoms with E-state index >= 15 is 0 Å². The van der Waals surface area contributed by atoms with E-state index < -0.39 is 0 Å². The van der Waals surface area contributed by atoms with E-state index in [1.54, 1.807) is 23.3 Å². The number of aryl methyl sites for hydroxylation is 1. The minimum Gasteiger partial charge on any atom is -0.496 e. The maximum atomic E-state index is 13.3. The van der Waals surface area contributed by atoms with Gasteiger partial charge in [0.2, 0.25) is 5.91 Å². The molecule has 4 rings (SSSR count). The number of nitrogens with zero attached hydrogens (tertiary/aromatic N) is 3. The van der Waals surface area contributed by atoms with Gasteiger partial charge < -0.3 is 19.2 Å². The molecule has 0 N–H and O–H groups in total. The van der Waals surface area contributed by atoms with E-state index in [1.165, 1.54) is 6.42 Å². The fourth-order valence-electron chi connectivity index (χ4n) is 5.38. The van der Waals surface area contributed by atoms with E-state index in [9.17, 15) is 9.59 Å². The molecule has 2 aromatic heterocycles. The summed E-state index contributed by atoms with van der Waals surface area (Å²) in [5.74, 6) is 1.12. The Morgan fingerprint density at radius 3 is 2.64 bits per heavy atom. The second-order valence-electron chi connectivity index (χ2n) is 11.0. The van der Waals surface area contributed by atoms with E-state index in [1.807, 2.05) is 32.2 Å². The molecule has 8 heteroatoms. The monoisotopic (exact) mass is 551 g/mol. The molecule has 0 spiro atoms. The van der Waals surface area contributed by atoms with Crippen LogP contribution in [0.25, 0.3) is 21.6 Å². The highest BCUT2D eigenvalue weighted by Crippen LogP contribution is 2.40. The molecule has 0 unspecified atom stereocenters. The molecule has 1 amide bonds. The predicted molar refractivity (Wildman–Crippen MR) is 157 cm³/mol. The zero-order chi connectivity index (χ0) is 28.1. The molecule has 3 aromatic rings. The zero-order valence-electron chi connectivity index (χ0n) is 24.0. The van der Waals surface area contributed by atoms with Crippen LogP contribution in [0.4, 0.5) is 0 Å². The van der Waals surface area contributed by atoms with Crippen molar-refractivity contribution in [1.82, 2.24) is 14.9 Å². The number of unbranched alkanes of at least 4 members (excludes halogenated alkanes) is 3. The molecule has 1 fully saturated rings. The molecule has 1 saturated carbocycles. The standard InChI is InChI=1S/C31H41N3O4S/c1-7-8-9-10-13-34(5)31(36)24-15-22(14-21(24)17-35)38-28-16-25(30-33-26(18-39-30)19(2)3)32-29-20(4)27(37-6)12-11-23(28)29/h11-12,16-19,21-22,24H,7-10,13-15H2,1-6H3/t21-,22+,24+/m0/s1. The molecule has 7 nitrogen and oxygen atoms in total. The van der Waals surface area contributed by atoms with Gasteiger partial charge in [-0.15, -0.1) is 11.3 Å². The predicted octanol–water partition coefficient (Wildman–Crippen LogP) is 6.81. The van der Waals surface area contributed by atoms with Gasteiger partial charge in [-0.3, -0.25) is 4.79 Å². The number of aldehydes is 1. The van der Waals surface area contributed by atoms with Gasteiger partial charge in [0.05, 0.1) is 24.2 Å². The second-order valence-corrected chi connectivity index (χ2v) is 11.8. The van der Waals surface area contributed by atoms with Crippen LogP contribution in [0.2, 0.25) is 0 Å². The number of benzene rings is 1. The van der Waals surface area contributed by atoms with E-state index in [-0.39, 0.29) is 23.8 Å². The molecule has 0 bridgehead atoms. The summed E-state index contributed by atoms with van der Waals surface area (Å²) in [6.45, 7) is 9.14. The van der Waals surface area contributed by atoms with Gasteiger partial charge in [-0.05, 0) is 44.2 Å². The number of carbonyl (C=O) groups is 2. The van der Waals surface area contributed by atoms with Crippen LogP contribution in [0.1, 0.15) is 76.5 Å². The third-order valence-electron chi connectivity index (χ3n) is 7.78. The lowest BCUT2D eigenvalue weighted by Gasteiger charge is -2.23. The van der Waals surface area contributed by atoms with Crippen LogP contribution in [0.15, 0.2) is 23.6 Å². The smallest absolute Gasteiger partial charge is 0.226 e. The fraction of sp³-hybridized carbons (Fsp3) is 0.548. The zero-order valence-corrected chi connectivity index (χ0v) is 24.8. The number of amides is 1. The van der Waals surface area contributed by atoms with Gasteiger partial charge in [0, 0.05) is 41.9 Å². The van der Waals surface area contributed by atoms with Crippen molar-refractivity contribution in [1.29, 1.82) is 0 Å². The number of thiazole rings is 1. The summed E-state index contributed by atoms with van der Waals surface area (Å²) in [5, 5.41) is 3.79. The van der Waals surface area contributed by atoms with Crippen LogP contribution in [-0.4, -0.2) is 53.9 Å². The lowest BCUT2D eigenvalue weighted by molar-refractivity contribution is -0.137. The highest BCUT2D eigenvalue weighted by Gasteiger charge is 2.41. The van der Waals surface area contributed by atoms with Gasteiger partial charge in [-0.25, -0.2) is 9.97 Å². The van der Waals surface area contributed by atoms with Crippen LogP contribution >= 0.6 is 11.3 Å². The molecule has 0 saturated heterocycles. The first-order chi connectivity index (χ1) is 18.8. The van der Waals surface area contributed by atoms with Crippen LogP contribution in [0, 0.1) is 18.8 Å². The van der Waals surface area contributed by atoms with Crippen LogP contribution in [-0.2, 0) is 9.59 Å². The van der Waals surface area contributed by atoms with Gasteiger partial charge in [0.15, 0.2) is 0 Å². The van der Waals surface area contributed by atoms with Crippen molar-refractivity contribution in [2.24, 2.45) is 11.8 Å². The highest BCUT2D eigenvalue weighted by atomic mass is 32.1. The second kappa shape index (κ2) is 12.9. The summed E-state index contributed by atoms with van der Waals surface area (Å²) in [5.41, 5.74) is 3.51. The number of methoxy groups -OCH3 is 1. The van der Waals surface area contributed by atoms with Crippen molar-refractivity contribution < 1.29 is 19.1 Å². The lowest BCUT2D eigenvalue weighted by atomic mass is 9.96. The van der Waals surface area contributed by atoms with Crippen molar-refractivity contribution in [2.75, 3.05) is 20.7 Å². The largest absolute Gasteiger partial charge is 0.496 e. The number of pyridine rings is 1. The van der Waals surface area contributed by atoms with Crippen LogP contribution < -0.4 is 9.47 Å². The van der Waals surface area contributed by atoms with Gasteiger partial charge in [0.1, 0.15) is 34.6 Å². The molecular formula is C31H41N3O4S. The Kier molecular flexibility index (Phi) is 9.59. The van der Waals surface area contributed by atoms with Crippen molar-refractivity contribution >= 4 is 34.4 Å². The Bertz CT molecular complexity index is 1300. The van der Waals surface area contributed by atoms with Gasteiger partial charge in [-0.1, -0.05) is 40.0 Å². The van der Waals surface area contributed by atoms with E-state index in [4.69, 9.17) is 19.4 Å². The van der Waals surface area contributed by atoms with Crippen molar-refractivity contribution in [2.45, 2.75) is 78.2 Å². The summed E-state index contributed by atoms with van der Waals surface area (Å²) in [7, 11) is 3.50. The SMILES string of the molecule is CCCCCCN(C)C(=O)[C@@H]1C[C@H](Oc2cc(-c3nc(C(C)C)cs3)nc3c(C)c(OC)ccc23)C[C@H]1C=O. The molecule has 1 aromatic carbocycles. The van der Waals surface area contributed by atoms with E-state index in [0.29, 0.717) is 24.5 Å². The summed E-state index contributed by atoms with van der Waals surface area (Å²) >= 11 is 1.57. The molecule has 1 aliphatic rings. The number of hydrogen-bond donors (Lipinski definition) is 0. The highest BCUT2D eigenvalue weighted by molar-refractivity contribution is 7.13. The minimum atomic E-state index is -0.356. The van der Waals surface area contributed by atoms with Gasteiger partial charge >= 0.3 is 0 Å². The Labute approximate surface area is 235 Å². The van der Waals surface area contributed by atoms with Gasteiger partial charge in [0.25, 0.3) is 0 Å². The Hall–Kier alpha value is -3.00. The molecule has 0 aliphatic heterocycles. The number of rotatable bonds is 12. The number of aromatic nitrogens is 2. The van der Waals surface area contributed by atoms with E-state index in [2.05, 4.69) is 26.2 Å². The summed E-state index contributed by atoms with van der Waals surface area (Å²) in [6.07, 6.45) is 6.16. The number of ether oxygens (including phenoxy) is 2. The topological polar surface area (TPSA) is 81.6 Å². The average molecular weight is 552 g/mol. The molecule has 3 atom stereocenters. The third-order valence-corrected chi connectivity index (χ3v) is 8.66. The summed E-state index contributed by atoms with van der Waals surface area (Å²) < 4.78 is 12.2. The van der Waals surface area contributed by atoms with Crippen LogP contribution in [0.5, 0.6) is 11.5 Å². The normalized spacial score (nSPS) is 19.0. The summed E-state index contributed by atoms with van der Waals surface area (Å²) in [6, 6.07) is 5.84. The number of hydrogen-bond acceptors (Lipinski definition) is 7. The Balaban J connectivity index is 1.62. The number of carbonyl (C=O) groups excluding carboxylic acids is 2. The van der Waals surface area contributed by atoms with Crippen molar-refractivity contribution in [3.05, 3.63) is 34.8 Å². The molecule has 2 heterocycles. The lowest BCUT2D eigenvalue weighted by Crippen LogP contribution is -2.35. The fourth-order valence-corrected chi connectivity index (χ4v) is 6.32. The number of fused-ring (bicyclic) bond motifs is 1. The van der Waals surface area contributed by atoms with Crippen LogP contribution in [0.3, 0.4) is 0 Å².